The van der Waals surface area contributed by atoms with E-state index in [1.54, 1.807) is 11.8 Å². The SMILES string of the molecule is Cn1c(C(=O)NCC2(O)CCSC2)cc2ccccc21. The second kappa shape index (κ2) is 5.14. The van der Waals surface area contributed by atoms with Crippen LogP contribution in [0.3, 0.4) is 0 Å². The zero-order valence-corrected chi connectivity index (χ0v) is 12.2. The van der Waals surface area contributed by atoms with Crippen molar-refractivity contribution in [3.05, 3.63) is 36.0 Å². The summed E-state index contributed by atoms with van der Waals surface area (Å²) in [6.07, 6.45) is 0.743. The van der Waals surface area contributed by atoms with E-state index < -0.39 is 5.60 Å². The van der Waals surface area contributed by atoms with Crippen molar-refractivity contribution in [2.24, 2.45) is 7.05 Å². The maximum absolute atomic E-state index is 12.3. The second-order valence-electron chi connectivity index (χ2n) is 5.36. The number of thioether (sulfide) groups is 1. The highest BCUT2D eigenvalue weighted by molar-refractivity contribution is 7.99. The molecule has 1 saturated heterocycles. The summed E-state index contributed by atoms with van der Waals surface area (Å²) in [6, 6.07) is 9.80. The van der Waals surface area contributed by atoms with Crippen LogP contribution >= 0.6 is 11.8 Å². The molecule has 5 heteroatoms. The molecular formula is C15H18N2O2S. The van der Waals surface area contributed by atoms with Crippen LogP contribution in [0.2, 0.25) is 0 Å². The smallest absolute Gasteiger partial charge is 0.268 e. The largest absolute Gasteiger partial charge is 0.387 e. The summed E-state index contributed by atoms with van der Waals surface area (Å²) in [5.41, 5.74) is 0.915. The first-order valence-corrected chi connectivity index (χ1v) is 7.87. The fourth-order valence-corrected chi connectivity index (χ4v) is 3.87. The van der Waals surface area contributed by atoms with Crippen LogP contribution in [-0.4, -0.2) is 39.2 Å². The van der Waals surface area contributed by atoms with E-state index in [-0.39, 0.29) is 5.91 Å². The number of hydrogen-bond acceptors (Lipinski definition) is 3. The van der Waals surface area contributed by atoms with Crippen molar-refractivity contribution in [1.82, 2.24) is 9.88 Å². The Morgan fingerprint density at radius 3 is 3.00 bits per heavy atom. The molecule has 1 aliphatic rings. The van der Waals surface area contributed by atoms with Crippen molar-refractivity contribution < 1.29 is 9.90 Å². The zero-order chi connectivity index (χ0) is 14.2. The van der Waals surface area contributed by atoms with Gasteiger partial charge in [0.2, 0.25) is 0 Å². The van der Waals surface area contributed by atoms with Crippen molar-refractivity contribution >= 4 is 28.6 Å². The lowest BCUT2D eigenvalue weighted by Gasteiger charge is -2.21. The van der Waals surface area contributed by atoms with Gasteiger partial charge in [-0.3, -0.25) is 4.79 Å². The number of benzene rings is 1. The van der Waals surface area contributed by atoms with E-state index in [2.05, 4.69) is 5.32 Å². The number of carbonyl (C=O) groups is 1. The molecule has 106 valence electrons. The lowest BCUT2D eigenvalue weighted by molar-refractivity contribution is 0.0610. The number of nitrogens with zero attached hydrogens (tertiary/aromatic N) is 1. The predicted octanol–water partition coefficient (Wildman–Crippen LogP) is 1.78. The van der Waals surface area contributed by atoms with Crippen LogP contribution in [0.1, 0.15) is 16.9 Å². The summed E-state index contributed by atoms with van der Waals surface area (Å²) in [6.45, 7) is 0.320. The van der Waals surface area contributed by atoms with E-state index in [9.17, 15) is 9.90 Å². The summed E-state index contributed by atoms with van der Waals surface area (Å²) in [4.78, 5) is 12.3. The number of fused-ring (bicyclic) bond motifs is 1. The quantitative estimate of drug-likeness (QED) is 0.906. The van der Waals surface area contributed by atoms with Gasteiger partial charge in [0, 0.05) is 30.2 Å². The highest BCUT2D eigenvalue weighted by Gasteiger charge is 2.32. The Balaban J connectivity index is 1.77. The van der Waals surface area contributed by atoms with Gasteiger partial charge in [-0.05, 0) is 24.3 Å². The molecule has 1 aromatic heterocycles. The first kappa shape index (κ1) is 13.5. The van der Waals surface area contributed by atoms with Gasteiger partial charge in [0.25, 0.3) is 5.91 Å². The van der Waals surface area contributed by atoms with Crippen molar-refractivity contribution in [3.63, 3.8) is 0 Å². The van der Waals surface area contributed by atoms with E-state index in [0.717, 1.165) is 23.1 Å². The van der Waals surface area contributed by atoms with Gasteiger partial charge >= 0.3 is 0 Å². The Hall–Kier alpha value is -1.46. The van der Waals surface area contributed by atoms with Crippen molar-refractivity contribution in [1.29, 1.82) is 0 Å². The van der Waals surface area contributed by atoms with Crippen LogP contribution in [-0.2, 0) is 7.05 Å². The van der Waals surface area contributed by atoms with E-state index in [0.29, 0.717) is 18.0 Å². The Morgan fingerprint density at radius 1 is 1.50 bits per heavy atom. The van der Waals surface area contributed by atoms with E-state index in [1.165, 1.54) is 0 Å². The molecule has 0 aliphatic carbocycles. The lowest BCUT2D eigenvalue weighted by atomic mass is 10.0. The van der Waals surface area contributed by atoms with Crippen molar-refractivity contribution in [3.8, 4) is 0 Å². The molecule has 1 amide bonds. The molecule has 4 nitrogen and oxygen atoms in total. The number of rotatable bonds is 3. The van der Waals surface area contributed by atoms with Gasteiger partial charge < -0.3 is 15.0 Å². The average molecular weight is 290 g/mol. The van der Waals surface area contributed by atoms with Crippen LogP contribution in [0.15, 0.2) is 30.3 Å². The number of nitrogens with one attached hydrogen (secondary N) is 1. The van der Waals surface area contributed by atoms with Crippen molar-refractivity contribution in [2.45, 2.75) is 12.0 Å². The highest BCUT2D eigenvalue weighted by Crippen LogP contribution is 2.27. The van der Waals surface area contributed by atoms with E-state index >= 15 is 0 Å². The zero-order valence-electron chi connectivity index (χ0n) is 11.4. The van der Waals surface area contributed by atoms with E-state index in [4.69, 9.17) is 0 Å². The van der Waals surface area contributed by atoms with Gasteiger partial charge in [-0.2, -0.15) is 11.8 Å². The fourth-order valence-electron chi connectivity index (χ4n) is 2.58. The minimum absolute atomic E-state index is 0.131. The van der Waals surface area contributed by atoms with Gasteiger partial charge in [0.05, 0.1) is 5.60 Å². The number of amides is 1. The third kappa shape index (κ3) is 2.43. The number of aryl methyl sites for hydroxylation is 1. The fraction of sp³-hybridized carbons (Fsp3) is 0.400. The molecule has 0 saturated carbocycles. The molecule has 2 aromatic rings. The summed E-state index contributed by atoms with van der Waals surface area (Å²) in [5.74, 6) is 1.53. The molecule has 0 bridgehead atoms. The number of carbonyl (C=O) groups excluding carboxylic acids is 1. The first-order valence-electron chi connectivity index (χ1n) is 6.72. The molecule has 1 unspecified atom stereocenters. The predicted molar refractivity (Wildman–Crippen MR) is 82.1 cm³/mol. The minimum Gasteiger partial charge on any atom is -0.387 e. The maximum Gasteiger partial charge on any atom is 0.268 e. The third-order valence-electron chi connectivity index (χ3n) is 3.84. The monoisotopic (exact) mass is 290 g/mol. The van der Waals surface area contributed by atoms with Gasteiger partial charge in [0.1, 0.15) is 5.69 Å². The molecule has 1 aromatic carbocycles. The van der Waals surface area contributed by atoms with Gasteiger partial charge in [-0.1, -0.05) is 18.2 Å². The average Bonchev–Trinajstić information content (AvgIpc) is 3.02. The summed E-state index contributed by atoms with van der Waals surface area (Å²) >= 11 is 1.73. The summed E-state index contributed by atoms with van der Waals surface area (Å²) < 4.78 is 1.89. The number of para-hydroxylation sites is 1. The molecule has 20 heavy (non-hydrogen) atoms. The standard InChI is InChI=1S/C15H18N2O2S/c1-17-12-5-3-2-4-11(12)8-13(17)14(18)16-9-15(19)6-7-20-10-15/h2-5,8,19H,6-7,9-10H2,1H3,(H,16,18). The Bertz CT molecular complexity index is 644. The van der Waals surface area contributed by atoms with Crippen molar-refractivity contribution in [2.75, 3.05) is 18.1 Å². The highest BCUT2D eigenvalue weighted by atomic mass is 32.2. The second-order valence-corrected chi connectivity index (χ2v) is 6.46. The van der Waals surface area contributed by atoms with Gasteiger partial charge in [-0.15, -0.1) is 0 Å². The Kier molecular flexibility index (Phi) is 3.48. The number of aromatic nitrogens is 1. The Morgan fingerprint density at radius 2 is 2.30 bits per heavy atom. The number of hydrogen-bond donors (Lipinski definition) is 2. The molecule has 2 heterocycles. The molecule has 0 radical (unpaired) electrons. The molecule has 3 rings (SSSR count). The van der Waals surface area contributed by atoms with Crippen LogP contribution < -0.4 is 5.32 Å². The van der Waals surface area contributed by atoms with Crippen LogP contribution in [0.25, 0.3) is 10.9 Å². The van der Waals surface area contributed by atoms with E-state index in [1.807, 2.05) is 41.9 Å². The molecule has 1 atom stereocenters. The normalized spacial score (nSPS) is 22.3. The molecule has 2 N–H and O–H groups in total. The van der Waals surface area contributed by atoms with Crippen LogP contribution in [0.5, 0.6) is 0 Å². The molecule has 1 aliphatic heterocycles. The number of aliphatic hydroxyl groups is 1. The molecule has 0 spiro atoms. The topological polar surface area (TPSA) is 54.3 Å². The maximum atomic E-state index is 12.3. The van der Waals surface area contributed by atoms with Gasteiger partial charge in [0.15, 0.2) is 0 Å². The van der Waals surface area contributed by atoms with Crippen LogP contribution in [0.4, 0.5) is 0 Å². The molecular weight excluding hydrogens is 272 g/mol. The summed E-state index contributed by atoms with van der Waals surface area (Å²) in [7, 11) is 1.89. The van der Waals surface area contributed by atoms with Gasteiger partial charge in [-0.25, -0.2) is 0 Å². The lowest BCUT2D eigenvalue weighted by Crippen LogP contribution is -2.43. The summed E-state index contributed by atoms with van der Waals surface area (Å²) in [5, 5.41) is 14.2. The Labute approximate surface area is 122 Å². The molecule has 1 fully saturated rings. The first-order chi connectivity index (χ1) is 9.59. The van der Waals surface area contributed by atoms with Crippen LogP contribution in [0, 0.1) is 0 Å². The minimum atomic E-state index is -0.745. The third-order valence-corrected chi connectivity index (χ3v) is 5.08.